The van der Waals surface area contributed by atoms with E-state index in [1.165, 1.54) is 13.1 Å². The van der Waals surface area contributed by atoms with Crippen LogP contribution in [0.2, 0.25) is 0 Å². The van der Waals surface area contributed by atoms with E-state index in [2.05, 4.69) is 10.0 Å². The number of hydrogen-bond acceptors (Lipinski definition) is 6. The van der Waals surface area contributed by atoms with Crippen molar-refractivity contribution in [3.63, 3.8) is 0 Å². The second-order valence-corrected chi connectivity index (χ2v) is 5.79. The highest BCUT2D eigenvalue weighted by molar-refractivity contribution is 7.89. The summed E-state index contributed by atoms with van der Waals surface area (Å²) in [6, 6.07) is 2.99. The molecule has 0 saturated heterocycles. The fraction of sp³-hybridized carbons (Fsp3) is 0.636. The highest BCUT2D eigenvalue weighted by Gasteiger charge is 2.16. The number of aliphatic hydroxyl groups excluding tert-OH is 1. The number of ether oxygens (including phenoxy) is 1. The van der Waals surface area contributed by atoms with Gasteiger partial charge in [-0.2, -0.15) is 0 Å². The summed E-state index contributed by atoms with van der Waals surface area (Å²) < 4.78 is 35.4. The molecule has 7 nitrogen and oxygen atoms in total. The van der Waals surface area contributed by atoms with Crippen molar-refractivity contribution in [2.45, 2.75) is 24.1 Å². The first-order valence-corrected chi connectivity index (χ1v) is 7.37. The summed E-state index contributed by atoms with van der Waals surface area (Å²) in [5, 5.41) is 11.9. The molecule has 1 heterocycles. The molecule has 1 unspecified atom stereocenters. The van der Waals surface area contributed by atoms with Crippen LogP contribution < -0.4 is 10.0 Å². The van der Waals surface area contributed by atoms with Crippen LogP contribution in [0.1, 0.15) is 12.2 Å². The van der Waals surface area contributed by atoms with Crippen LogP contribution in [0.25, 0.3) is 0 Å². The summed E-state index contributed by atoms with van der Waals surface area (Å²) in [5.74, 6) is 0.507. The number of hydrogen-bond donors (Lipinski definition) is 3. The van der Waals surface area contributed by atoms with Gasteiger partial charge in [0.2, 0.25) is 5.09 Å². The van der Waals surface area contributed by atoms with Crippen LogP contribution in [0.5, 0.6) is 0 Å². The maximum absolute atomic E-state index is 11.5. The largest absolute Gasteiger partial charge is 0.447 e. The number of nitrogens with one attached hydrogen (secondary N) is 2. The molecule has 19 heavy (non-hydrogen) atoms. The second kappa shape index (κ2) is 7.61. The van der Waals surface area contributed by atoms with Gasteiger partial charge < -0.3 is 19.6 Å². The third kappa shape index (κ3) is 4.92. The zero-order chi connectivity index (χ0) is 14.3. The number of sulfonamides is 1. The first-order chi connectivity index (χ1) is 9.03. The molecule has 8 heteroatoms. The molecular formula is C11H20N2O5S. The molecule has 1 atom stereocenters. The molecule has 0 radical (unpaired) electrons. The fourth-order valence-electron chi connectivity index (χ4n) is 1.54. The number of furan rings is 1. The molecule has 0 fully saturated rings. The molecule has 0 amide bonds. The van der Waals surface area contributed by atoms with Gasteiger partial charge in [0.1, 0.15) is 5.76 Å². The van der Waals surface area contributed by atoms with Crippen LogP contribution >= 0.6 is 0 Å². The van der Waals surface area contributed by atoms with Gasteiger partial charge >= 0.3 is 0 Å². The topological polar surface area (TPSA) is 101 Å². The van der Waals surface area contributed by atoms with E-state index < -0.39 is 10.0 Å². The van der Waals surface area contributed by atoms with Crippen molar-refractivity contribution < 1.29 is 22.7 Å². The Bertz CT molecular complexity index is 465. The Kier molecular flexibility index (Phi) is 6.46. The Labute approximate surface area is 113 Å². The van der Waals surface area contributed by atoms with Gasteiger partial charge in [0, 0.05) is 19.8 Å². The average Bonchev–Trinajstić information content (AvgIpc) is 2.86. The smallest absolute Gasteiger partial charge is 0.273 e. The van der Waals surface area contributed by atoms with Crippen LogP contribution in [0.3, 0.4) is 0 Å². The Hall–Kier alpha value is -0.930. The van der Waals surface area contributed by atoms with Crippen molar-refractivity contribution in [3.05, 3.63) is 17.9 Å². The molecule has 110 valence electrons. The van der Waals surface area contributed by atoms with Gasteiger partial charge in [-0.1, -0.05) is 0 Å². The Morgan fingerprint density at radius 3 is 2.79 bits per heavy atom. The molecule has 0 aliphatic carbocycles. The first-order valence-electron chi connectivity index (χ1n) is 5.89. The number of methoxy groups -OCH3 is 1. The van der Waals surface area contributed by atoms with E-state index in [9.17, 15) is 8.42 Å². The number of aliphatic hydroxyl groups is 1. The Morgan fingerprint density at radius 1 is 1.47 bits per heavy atom. The van der Waals surface area contributed by atoms with E-state index in [1.807, 2.05) is 0 Å². The molecule has 1 aromatic heterocycles. The maximum Gasteiger partial charge on any atom is 0.273 e. The first kappa shape index (κ1) is 16.1. The standard InChI is InChI=1S/C11H20N2O5S/c1-12-19(15,16)11-4-3-10(18-11)7-13-9(5-6-14)8-17-2/h3-4,9,12-14H,5-8H2,1-2H3. The van der Waals surface area contributed by atoms with Gasteiger partial charge in [-0.25, -0.2) is 13.1 Å². The summed E-state index contributed by atoms with van der Waals surface area (Å²) in [4.78, 5) is 0. The lowest BCUT2D eigenvalue weighted by Crippen LogP contribution is -2.33. The van der Waals surface area contributed by atoms with E-state index in [4.69, 9.17) is 14.3 Å². The maximum atomic E-state index is 11.5. The highest BCUT2D eigenvalue weighted by atomic mass is 32.2. The van der Waals surface area contributed by atoms with Gasteiger partial charge in [-0.05, 0) is 25.6 Å². The zero-order valence-electron chi connectivity index (χ0n) is 11.0. The lowest BCUT2D eigenvalue weighted by Gasteiger charge is -2.15. The molecule has 0 saturated carbocycles. The fourth-order valence-corrected chi connectivity index (χ4v) is 2.21. The monoisotopic (exact) mass is 292 g/mol. The van der Waals surface area contributed by atoms with Crippen LogP contribution in [0, 0.1) is 0 Å². The zero-order valence-corrected chi connectivity index (χ0v) is 11.9. The summed E-state index contributed by atoms with van der Waals surface area (Å²) >= 11 is 0. The minimum atomic E-state index is -3.55. The SMILES string of the molecule is CNS(=O)(=O)c1ccc(CNC(CCO)COC)o1. The minimum Gasteiger partial charge on any atom is -0.447 e. The predicted molar refractivity (Wildman–Crippen MR) is 69.2 cm³/mol. The molecule has 1 rings (SSSR count). The molecular weight excluding hydrogens is 272 g/mol. The molecule has 0 aliphatic heterocycles. The van der Waals surface area contributed by atoms with Crippen molar-refractivity contribution in [2.24, 2.45) is 0 Å². The Morgan fingerprint density at radius 2 is 2.21 bits per heavy atom. The van der Waals surface area contributed by atoms with Crippen molar-refractivity contribution in [1.29, 1.82) is 0 Å². The van der Waals surface area contributed by atoms with Gasteiger partial charge in [0.25, 0.3) is 10.0 Å². The van der Waals surface area contributed by atoms with Gasteiger partial charge in [0.15, 0.2) is 0 Å². The third-order valence-corrected chi connectivity index (χ3v) is 3.87. The third-order valence-electron chi connectivity index (χ3n) is 2.58. The molecule has 0 spiro atoms. The summed E-state index contributed by atoms with van der Waals surface area (Å²) in [7, 11) is -0.641. The highest BCUT2D eigenvalue weighted by Crippen LogP contribution is 2.13. The molecule has 0 bridgehead atoms. The summed E-state index contributed by atoms with van der Waals surface area (Å²) in [6.07, 6.45) is 0.552. The summed E-state index contributed by atoms with van der Waals surface area (Å²) in [5.41, 5.74) is 0. The van der Waals surface area contributed by atoms with Crippen molar-refractivity contribution in [2.75, 3.05) is 27.4 Å². The normalized spacial score (nSPS) is 13.6. The van der Waals surface area contributed by atoms with E-state index in [1.54, 1.807) is 13.2 Å². The predicted octanol–water partition coefficient (Wildman–Crippen LogP) is -0.325. The molecule has 0 aromatic carbocycles. The van der Waals surface area contributed by atoms with E-state index in [0.29, 0.717) is 25.3 Å². The van der Waals surface area contributed by atoms with Crippen molar-refractivity contribution in [1.82, 2.24) is 10.0 Å². The minimum absolute atomic E-state index is 0.00976. The van der Waals surface area contributed by atoms with E-state index in [-0.39, 0.29) is 17.7 Å². The van der Waals surface area contributed by atoms with E-state index >= 15 is 0 Å². The molecule has 1 aromatic rings. The quantitative estimate of drug-likeness (QED) is 0.576. The lowest BCUT2D eigenvalue weighted by atomic mass is 10.2. The van der Waals surface area contributed by atoms with Crippen molar-refractivity contribution in [3.8, 4) is 0 Å². The van der Waals surface area contributed by atoms with Gasteiger partial charge in [0.05, 0.1) is 13.2 Å². The summed E-state index contributed by atoms with van der Waals surface area (Å²) in [6.45, 7) is 0.884. The average molecular weight is 292 g/mol. The van der Waals surface area contributed by atoms with Crippen molar-refractivity contribution >= 4 is 10.0 Å². The molecule has 3 N–H and O–H groups in total. The second-order valence-electron chi connectivity index (χ2n) is 3.97. The number of rotatable bonds is 9. The lowest BCUT2D eigenvalue weighted by molar-refractivity contribution is 0.146. The van der Waals surface area contributed by atoms with Crippen LogP contribution in [0.15, 0.2) is 21.6 Å². The van der Waals surface area contributed by atoms with Gasteiger partial charge in [-0.15, -0.1) is 0 Å². The Balaban J connectivity index is 2.58. The van der Waals surface area contributed by atoms with Crippen LogP contribution in [0.4, 0.5) is 0 Å². The van der Waals surface area contributed by atoms with Gasteiger partial charge in [-0.3, -0.25) is 0 Å². The van der Waals surface area contributed by atoms with Crippen LogP contribution in [-0.4, -0.2) is 46.9 Å². The molecule has 0 aliphatic rings. The van der Waals surface area contributed by atoms with Crippen LogP contribution in [-0.2, 0) is 21.3 Å². The van der Waals surface area contributed by atoms with E-state index in [0.717, 1.165) is 0 Å².